The summed E-state index contributed by atoms with van der Waals surface area (Å²) >= 11 is 0.957. The lowest BCUT2D eigenvalue weighted by Crippen LogP contribution is -2.31. The lowest BCUT2D eigenvalue weighted by Gasteiger charge is -2.24. The van der Waals surface area contributed by atoms with Crippen LogP contribution >= 0.6 is 11.3 Å². The molecule has 1 aliphatic rings. The highest BCUT2D eigenvalue weighted by Crippen LogP contribution is 2.43. The molecule has 3 heterocycles. The molecule has 8 nitrogen and oxygen atoms in total. The van der Waals surface area contributed by atoms with Gasteiger partial charge in [0, 0.05) is 0 Å². The van der Waals surface area contributed by atoms with Gasteiger partial charge in [-0.3, -0.25) is 14.5 Å². The largest absolute Gasteiger partial charge is 0.503 e. The number of aliphatic hydroxyl groups is 1. The number of amides is 1. The van der Waals surface area contributed by atoms with E-state index in [-0.39, 0.29) is 21.3 Å². The number of aromatic nitrogens is 1. The predicted molar refractivity (Wildman–Crippen MR) is 117 cm³/mol. The zero-order valence-corrected chi connectivity index (χ0v) is 18.6. The number of carbonyl (C=O) groups excluding carboxylic acids is 3. The maximum Gasteiger partial charge on any atom is 0.350 e. The van der Waals surface area contributed by atoms with E-state index in [1.165, 1.54) is 18.1 Å². The SMILES string of the molecule is COC(=O)c1sc(N2C(=O)C(O)=C(C(=O)c3ccc(C)o3)[C@H]2c2ccc(C)cc2)nc1C. The number of Topliss-reactive ketones (excluding diaryl/α,β-unsaturated/α-hetero) is 1. The van der Waals surface area contributed by atoms with E-state index in [0.717, 1.165) is 16.9 Å². The lowest BCUT2D eigenvalue weighted by atomic mass is 9.94. The van der Waals surface area contributed by atoms with Crippen molar-refractivity contribution < 1.29 is 28.6 Å². The van der Waals surface area contributed by atoms with Gasteiger partial charge in [0.2, 0.25) is 5.78 Å². The fraction of sp³-hybridized carbons (Fsp3) is 0.217. The zero-order valence-electron chi connectivity index (χ0n) is 17.8. The summed E-state index contributed by atoms with van der Waals surface area (Å²) in [6.07, 6.45) is 0. The summed E-state index contributed by atoms with van der Waals surface area (Å²) in [5, 5.41) is 10.9. The Labute approximate surface area is 187 Å². The first kappa shape index (κ1) is 21.5. The number of hydrogen-bond acceptors (Lipinski definition) is 8. The number of rotatable bonds is 5. The molecule has 1 aromatic carbocycles. The number of anilines is 1. The van der Waals surface area contributed by atoms with Crippen LogP contribution in [-0.4, -0.2) is 34.9 Å². The molecule has 1 N–H and O–H groups in total. The number of furan rings is 1. The van der Waals surface area contributed by atoms with Crippen molar-refractivity contribution >= 4 is 34.1 Å². The Morgan fingerprint density at radius 3 is 2.41 bits per heavy atom. The molecule has 0 aliphatic carbocycles. The standard InChI is InChI=1S/C23H20N2O6S/c1-11-5-8-14(9-6-11)17-16(18(26)15-10-7-12(2)31-15)19(27)21(28)25(17)23-24-13(3)20(32-23)22(29)30-4/h5-10,17,27H,1-4H3/t17-/m1/s1. The van der Waals surface area contributed by atoms with Crippen LogP contribution in [0, 0.1) is 20.8 Å². The minimum Gasteiger partial charge on any atom is -0.503 e. The maximum absolute atomic E-state index is 13.3. The lowest BCUT2D eigenvalue weighted by molar-refractivity contribution is -0.117. The topological polar surface area (TPSA) is 110 Å². The third-order valence-electron chi connectivity index (χ3n) is 5.17. The molecule has 1 amide bonds. The van der Waals surface area contributed by atoms with Crippen LogP contribution in [0.2, 0.25) is 0 Å². The number of aryl methyl sites for hydroxylation is 3. The van der Waals surface area contributed by atoms with Crippen LogP contribution in [0.25, 0.3) is 0 Å². The molecule has 1 atom stereocenters. The number of methoxy groups -OCH3 is 1. The number of ether oxygens (including phenoxy) is 1. The first-order valence-corrected chi connectivity index (χ1v) is 10.5. The molecular formula is C23H20N2O6S. The maximum atomic E-state index is 13.3. The van der Waals surface area contributed by atoms with Gasteiger partial charge in [-0.2, -0.15) is 0 Å². The van der Waals surface area contributed by atoms with Gasteiger partial charge >= 0.3 is 5.97 Å². The van der Waals surface area contributed by atoms with Crippen molar-refractivity contribution in [1.82, 2.24) is 4.98 Å². The summed E-state index contributed by atoms with van der Waals surface area (Å²) in [4.78, 5) is 44.3. The number of carbonyl (C=O) groups is 3. The van der Waals surface area contributed by atoms with Crippen LogP contribution in [0.3, 0.4) is 0 Å². The van der Waals surface area contributed by atoms with E-state index in [1.807, 2.05) is 19.1 Å². The first-order chi connectivity index (χ1) is 15.2. The number of thiazole rings is 1. The monoisotopic (exact) mass is 452 g/mol. The molecule has 164 valence electrons. The normalized spacial score (nSPS) is 16.1. The molecule has 4 rings (SSSR count). The number of ketones is 1. The van der Waals surface area contributed by atoms with E-state index in [1.54, 1.807) is 32.0 Å². The predicted octanol–water partition coefficient (Wildman–Crippen LogP) is 4.23. The van der Waals surface area contributed by atoms with Crippen LogP contribution in [0.5, 0.6) is 0 Å². The third-order valence-corrected chi connectivity index (χ3v) is 6.31. The molecule has 32 heavy (non-hydrogen) atoms. The second-order valence-corrected chi connectivity index (χ2v) is 8.37. The van der Waals surface area contributed by atoms with E-state index in [9.17, 15) is 19.5 Å². The Morgan fingerprint density at radius 2 is 1.81 bits per heavy atom. The summed E-state index contributed by atoms with van der Waals surface area (Å²) in [6, 6.07) is 9.44. The Balaban J connectivity index is 1.87. The Kier molecular flexibility index (Phi) is 5.43. The van der Waals surface area contributed by atoms with Crippen LogP contribution in [-0.2, 0) is 9.53 Å². The van der Waals surface area contributed by atoms with E-state index in [4.69, 9.17) is 9.15 Å². The van der Waals surface area contributed by atoms with Gasteiger partial charge in [0.25, 0.3) is 5.91 Å². The molecule has 1 aliphatic heterocycles. The molecule has 9 heteroatoms. The van der Waals surface area contributed by atoms with Crippen LogP contribution < -0.4 is 4.90 Å². The molecular weight excluding hydrogens is 432 g/mol. The van der Waals surface area contributed by atoms with Crippen molar-refractivity contribution in [2.24, 2.45) is 0 Å². The van der Waals surface area contributed by atoms with E-state index in [2.05, 4.69) is 4.98 Å². The van der Waals surface area contributed by atoms with Crippen LogP contribution in [0.4, 0.5) is 5.13 Å². The summed E-state index contributed by atoms with van der Waals surface area (Å²) in [5.41, 5.74) is 1.87. The van der Waals surface area contributed by atoms with Crippen molar-refractivity contribution in [2.75, 3.05) is 12.0 Å². The third kappa shape index (κ3) is 3.50. The van der Waals surface area contributed by atoms with Crippen molar-refractivity contribution in [3.8, 4) is 0 Å². The molecule has 0 radical (unpaired) electrons. The second kappa shape index (κ2) is 8.08. The summed E-state index contributed by atoms with van der Waals surface area (Å²) < 4.78 is 10.2. The summed E-state index contributed by atoms with van der Waals surface area (Å²) in [6.45, 7) is 5.24. The van der Waals surface area contributed by atoms with Gasteiger partial charge in [0.05, 0.1) is 24.4 Å². The molecule has 3 aromatic rings. The molecule has 0 saturated heterocycles. The smallest absolute Gasteiger partial charge is 0.350 e. The molecule has 0 fully saturated rings. The molecule has 0 bridgehead atoms. The van der Waals surface area contributed by atoms with Crippen LogP contribution in [0.15, 0.2) is 52.1 Å². The van der Waals surface area contributed by atoms with Crippen molar-refractivity contribution in [3.63, 3.8) is 0 Å². The summed E-state index contributed by atoms with van der Waals surface area (Å²) in [5.74, 6) is -2.10. The van der Waals surface area contributed by atoms with E-state index in [0.29, 0.717) is 17.0 Å². The Morgan fingerprint density at radius 1 is 1.12 bits per heavy atom. The first-order valence-electron chi connectivity index (χ1n) is 9.73. The number of aliphatic hydroxyl groups excluding tert-OH is 1. The van der Waals surface area contributed by atoms with Crippen LogP contribution in [0.1, 0.15) is 48.8 Å². The highest BCUT2D eigenvalue weighted by atomic mass is 32.1. The Bertz CT molecular complexity index is 1270. The fourth-order valence-electron chi connectivity index (χ4n) is 3.56. The minimum atomic E-state index is -0.947. The van der Waals surface area contributed by atoms with E-state index >= 15 is 0 Å². The molecule has 0 saturated carbocycles. The molecule has 0 spiro atoms. The zero-order chi connectivity index (χ0) is 23.2. The number of esters is 1. The number of nitrogens with zero attached hydrogens (tertiary/aromatic N) is 2. The Hall–Kier alpha value is -3.72. The van der Waals surface area contributed by atoms with Gasteiger partial charge in [-0.05, 0) is 38.5 Å². The number of benzene rings is 1. The van der Waals surface area contributed by atoms with Crippen molar-refractivity contribution in [3.05, 3.63) is 80.9 Å². The van der Waals surface area contributed by atoms with Gasteiger partial charge in [-0.15, -0.1) is 0 Å². The number of hydrogen-bond donors (Lipinski definition) is 1. The quantitative estimate of drug-likeness (QED) is 0.456. The van der Waals surface area contributed by atoms with E-state index < -0.39 is 29.5 Å². The highest BCUT2D eigenvalue weighted by Gasteiger charge is 2.46. The highest BCUT2D eigenvalue weighted by molar-refractivity contribution is 7.17. The molecule has 0 unspecified atom stereocenters. The van der Waals surface area contributed by atoms with Crippen molar-refractivity contribution in [1.29, 1.82) is 0 Å². The van der Waals surface area contributed by atoms with Gasteiger partial charge in [-0.1, -0.05) is 41.2 Å². The summed E-state index contributed by atoms with van der Waals surface area (Å²) in [7, 11) is 1.26. The second-order valence-electron chi connectivity index (χ2n) is 7.39. The fourth-order valence-corrected chi connectivity index (χ4v) is 4.57. The minimum absolute atomic E-state index is 0.0152. The van der Waals surface area contributed by atoms with Gasteiger partial charge in [0.15, 0.2) is 16.7 Å². The average molecular weight is 452 g/mol. The van der Waals surface area contributed by atoms with Crippen molar-refractivity contribution in [2.45, 2.75) is 26.8 Å². The van der Waals surface area contributed by atoms with Gasteiger partial charge in [0.1, 0.15) is 10.6 Å². The van der Waals surface area contributed by atoms with Gasteiger partial charge < -0.3 is 14.3 Å². The average Bonchev–Trinajstić information content (AvgIpc) is 3.44. The molecule has 2 aromatic heterocycles. The van der Waals surface area contributed by atoms with Gasteiger partial charge in [-0.25, -0.2) is 9.78 Å².